The van der Waals surface area contributed by atoms with Gasteiger partial charge in [0.1, 0.15) is 11.1 Å². The molecular weight excluding hydrogens is 348 g/mol. The van der Waals surface area contributed by atoms with Crippen LogP contribution in [-0.4, -0.2) is 26.3 Å². The molecule has 26 heavy (non-hydrogen) atoms. The molecule has 0 saturated carbocycles. The summed E-state index contributed by atoms with van der Waals surface area (Å²) in [6, 6.07) is 8.05. The summed E-state index contributed by atoms with van der Waals surface area (Å²) < 4.78 is 9.06. The molecule has 0 aliphatic rings. The molecule has 0 atom stereocenters. The van der Waals surface area contributed by atoms with Crippen LogP contribution in [-0.2, 0) is 13.0 Å². The minimum absolute atomic E-state index is 0.209. The van der Waals surface area contributed by atoms with Gasteiger partial charge in [-0.25, -0.2) is 0 Å². The van der Waals surface area contributed by atoms with Gasteiger partial charge in [-0.1, -0.05) is 19.1 Å². The van der Waals surface area contributed by atoms with E-state index < -0.39 is 0 Å². The highest BCUT2D eigenvalue weighted by Crippen LogP contribution is 2.27. The van der Waals surface area contributed by atoms with Crippen molar-refractivity contribution in [3.05, 3.63) is 57.0 Å². The van der Waals surface area contributed by atoms with Crippen molar-refractivity contribution >= 4 is 27.3 Å². The Bertz CT molecular complexity index is 1140. The van der Waals surface area contributed by atoms with E-state index in [9.17, 15) is 4.79 Å². The average molecular weight is 368 g/mol. The monoisotopic (exact) mass is 368 g/mol. The number of rotatable bonds is 5. The number of hydrogen-bond donors (Lipinski definition) is 0. The molecule has 0 spiro atoms. The highest BCUT2D eigenvalue weighted by molar-refractivity contribution is 7.17. The number of fused-ring (bicyclic) bond motifs is 3. The molecule has 0 amide bonds. The van der Waals surface area contributed by atoms with Crippen molar-refractivity contribution in [1.82, 2.24) is 19.2 Å². The molecule has 0 bridgehead atoms. The maximum Gasteiger partial charge on any atom is 0.285 e. The van der Waals surface area contributed by atoms with Crippen LogP contribution < -0.4 is 10.3 Å². The summed E-state index contributed by atoms with van der Waals surface area (Å²) in [4.78, 5) is 18.5. The molecule has 3 aromatic heterocycles. The third-order valence-electron chi connectivity index (χ3n) is 4.50. The highest BCUT2D eigenvalue weighted by Gasteiger charge is 2.16. The Morgan fingerprint density at radius 3 is 2.69 bits per heavy atom. The number of aromatic nitrogens is 4. The van der Waals surface area contributed by atoms with Crippen LogP contribution in [0.3, 0.4) is 0 Å². The van der Waals surface area contributed by atoms with Crippen LogP contribution in [0.5, 0.6) is 5.75 Å². The predicted octanol–water partition coefficient (Wildman–Crippen LogP) is 3.42. The molecule has 0 N–H and O–H groups in total. The van der Waals surface area contributed by atoms with Gasteiger partial charge in [0.2, 0.25) is 0 Å². The zero-order valence-corrected chi connectivity index (χ0v) is 15.8. The highest BCUT2D eigenvalue weighted by atomic mass is 32.1. The van der Waals surface area contributed by atoms with E-state index in [4.69, 9.17) is 4.74 Å². The summed E-state index contributed by atoms with van der Waals surface area (Å²) in [6.45, 7) is 4.94. The van der Waals surface area contributed by atoms with E-state index in [1.165, 1.54) is 10.4 Å². The molecule has 0 aliphatic heterocycles. The Morgan fingerprint density at radius 1 is 1.23 bits per heavy atom. The number of aryl methyl sites for hydroxylation is 2. The summed E-state index contributed by atoms with van der Waals surface area (Å²) in [5.74, 6) is 0.844. The van der Waals surface area contributed by atoms with E-state index in [-0.39, 0.29) is 5.56 Å². The van der Waals surface area contributed by atoms with Crippen molar-refractivity contribution in [2.75, 3.05) is 7.11 Å². The van der Waals surface area contributed by atoms with Gasteiger partial charge in [0.05, 0.1) is 7.11 Å². The van der Waals surface area contributed by atoms with Gasteiger partial charge in [0.15, 0.2) is 10.6 Å². The molecule has 4 rings (SSSR count). The SMILES string of the molecule is CCCn1cc2c(=O)nc3sc(Cc4ccc(OC)cc4)c(C)n3c2n1. The predicted molar refractivity (Wildman–Crippen MR) is 103 cm³/mol. The lowest BCUT2D eigenvalue weighted by molar-refractivity contribution is 0.414. The van der Waals surface area contributed by atoms with Crippen molar-refractivity contribution in [1.29, 1.82) is 0 Å². The first kappa shape index (κ1) is 16.8. The molecule has 0 aliphatic carbocycles. The fourth-order valence-corrected chi connectivity index (χ4v) is 4.27. The molecule has 0 unspecified atom stereocenters. The molecule has 7 heteroatoms. The molecule has 4 aromatic rings. The standard InChI is InChI=1S/C19H20N4O2S/c1-4-9-22-11-15-17(21-22)23-12(2)16(26-19(23)20-18(15)24)10-13-5-7-14(25-3)8-6-13/h5-8,11H,4,9-10H2,1-3H3. The van der Waals surface area contributed by atoms with Crippen LogP contribution in [0.15, 0.2) is 35.3 Å². The molecule has 1 aromatic carbocycles. The van der Waals surface area contributed by atoms with Crippen LogP contribution in [0, 0.1) is 6.92 Å². The fraction of sp³-hybridized carbons (Fsp3) is 0.316. The first-order valence-corrected chi connectivity index (χ1v) is 9.43. The zero-order chi connectivity index (χ0) is 18.3. The van der Waals surface area contributed by atoms with Crippen LogP contribution in [0.2, 0.25) is 0 Å². The minimum atomic E-state index is -0.209. The van der Waals surface area contributed by atoms with Crippen molar-refractivity contribution in [3.8, 4) is 5.75 Å². The second kappa shape index (κ2) is 6.57. The van der Waals surface area contributed by atoms with Gasteiger partial charge >= 0.3 is 0 Å². The Balaban J connectivity index is 1.82. The van der Waals surface area contributed by atoms with Crippen LogP contribution >= 0.6 is 11.3 Å². The van der Waals surface area contributed by atoms with E-state index in [0.717, 1.165) is 30.8 Å². The van der Waals surface area contributed by atoms with Gasteiger partial charge in [0.25, 0.3) is 5.56 Å². The van der Waals surface area contributed by atoms with Crippen molar-refractivity contribution in [2.24, 2.45) is 0 Å². The number of methoxy groups -OCH3 is 1. The third-order valence-corrected chi connectivity index (χ3v) is 5.65. The maximum absolute atomic E-state index is 12.4. The summed E-state index contributed by atoms with van der Waals surface area (Å²) in [5, 5.41) is 5.20. The summed E-state index contributed by atoms with van der Waals surface area (Å²) in [5.41, 5.74) is 2.76. The van der Waals surface area contributed by atoms with Gasteiger partial charge in [-0.3, -0.25) is 13.9 Å². The summed E-state index contributed by atoms with van der Waals surface area (Å²) >= 11 is 1.55. The number of ether oxygens (including phenoxy) is 1. The third kappa shape index (κ3) is 2.78. The average Bonchev–Trinajstić information content (AvgIpc) is 3.18. The van der Waals surface area contributed by atoms with Gasteiger partial charge in [0, 0.05) is 29.7 Å². The van der Waals surface area contributed by atoms with Gasteiger partial charge < -0.3 is 4.74 Å². The second-order valence-electron chi connectivity index (χ2n) is 6.30. The molecule has 6 nitrogen and oxygen atoms in total. The smallest absolute Gasteiger partial charge is 0.285 e. The first-order valence-electron chi connectivity index (χ1n) is 8.62. The van der Waals surface area contributed by atoms with Crippen LogP contribution in [0.25, 0.3) is 16.0 Å². The number of nitrogens with zero attached hydrogens (tertiary/aromatic N) is 4. The van der Waals surface area contributed by atoms with E-state index in [1.807, 2.05) is 21.2 Å². The van der Waals surface area contributed by atoms with Gasteiger partial charge in [-0.2, -0.15) is 10.1 Å². The largest absolute Gasteiger partial charge is 0.497 e. The summed E-state index contributed by atoms with van der Waals surface area (Å²) in [7, 11) is 1.66. The van der Waals surface area contributed by atoms with E-state index in [1.54, 1.807) is 24.6 Å². The number of hydrogen-bond acceptors (Lipinski definition) is 5. The number of thiazole rings is 1. The van der Waals surface area contributed by atoms with Crippen molar-refractivity contribution in [2.45, 2.75) is 33.2 Å². The van der Waals surface area contributed by atoms with Gasteiger partial charge in [-0.15, -0.1) is 11.3 Å². The molecule has 134 valence electrons. The van der Waals surface area contributed by atoms with E-state index >= 15 is 0 Å². The van der Waals surface area contributed by atoms with E-state index in [0.29, 0.717) is 16.0 Å². The summed E-state index contributed by atoms with van der Waals surface area (Å²) in [6.07, 6.45) is 3.56. The minimum Gasteiger partial charge on any atom is -0.497 e. The van der Waals surface area contributed by atoms with E-state index in [2.05, 4.69) is 36.1 Å². The van der Waals surface area contributed by atoms with Gasteiger partial charge in [-0.05, 0) is 31.0 Å². The molecular formula is C19H20N4O2S. The maximum atomic E-state index is 12.4. The Hall–Kier alpha value is -2.67. The first-order chi connectivity index (χ1) is 12.6. The second-order valence-corrected chi connectivity index (χ2v) is 7.36. The lowest BCUT2D eigenvalue weighted by Crippen LogP contribution is -2.08. The lowest BCUT2D eigenvalue weighted by Gasteiger charge is -2.03. The Labute approximate surface area is 154 Å². The van der Waals surface area contributed by atoms with Crippen LogP contribution in [0.1, 0.15) is 29.5 Å². The Morgan fingerprint density at radius 2 is 2.00 bits per heavy atom. The quantitative estimate of drug-likeness (QED) is 0.541. The number of benzene rings is 1. The topological polar surface area (TPSA) is 61.4 Å². The molecule has 3 heterocycles. The lowest BCUT2D eigenvalue weighted by atomic mass is 10.1. The van der Waals surface area contributed by atoms with Crippen molar-refractivity contribution < 1.29 is 4.74 Å². The molecule has 0 radical (unpaired) electrons. The fourth-order valence-electron chi connectivity index (χ4n) is 3.13. The van der Waals surface area contributed by atoms with Crippen molar-refractivity contribution in [3.63, 3.8) is 0 Å². The molecule has 0 saturated heterocycles. The van der Waals surface area contributed by atoms with Crippen LogP contribution in [0.4, 0.5) is 0 Å². The Kier molecular flexibility index (Phi) is 4.24. The zero-order valence-electron chi connectivity index (χ0n) is 15.0. The molecule has 0 fully saturated rings. The normalized spacial score (nSPS) is 11.5.